The zero-order valence-corrected chi connectivity index (χ0v) is 12.5. The predicted molar refractivity (Wildman–Crippen MR) is 75.9 cm³/mol. The Morgan fingerprint density at radius 1 is 1.53 bits per heavy atom. The highest BCUT2D eigenvalue weighted by Crippen LogP contribution is 2.33. The van der Waals surface area contributed by atoms with Crippen LogP contribution in [0.5, 0.6) is 0 Å². The van der Waals surface area contributed by atoms with Gasteiger partial charge in [0.05, 0.1) is 18.8 Å². The van der Waals surface area contributed by atoms with Crippen molar-refractivity contribution in [3.05, 3.63) is 0 Å². The van der Waals surface area contributed by atoms with E-state index in [9.17, 15) is 5.26 Å². The van der Waals surface area contributed by atoms with E-state index in [1.54, 1.807) is 0 Å². The second-order valence-electron chi connectivity index (χ2n) is 6.10. The van der Waals surface area contributed by atoms with Gasteiger partial charge in [-0.15, -0.1) is 0 Å². The molecule has 0 bridgehead atoms. The molecule has 108 valence electrons. The van der Waals surface area contributed by atoms with E-state index in [1.807, 2.05) is 7.05 Å². The van der Waals surface area contributed by atoms with Gasteiger partial charge in [0, 0.05) is 18.6 Å². The average Bonchev–Trinajstić information content (AvgIpc) is 2.47. The van der Waals surface area contributed by atoms with Crippen molar-refractivity contribution in [1.29, 1.82) is 5.26 Å². The maximum absolute atomic E-state index is 9.48. The van der Waals surface area contributed by atoms with E-state index in [4.69, 9.17) is 4.74 Å². The predicted octanol–water partition coefficient (Wildman–Crippen LogP) is 1.91. The van der Waals surface area contributed by atoms with E-state index in [0.717, 1.165) is 38.8 Å². The molecule has 1 heterocycles. The van der Waals surface area contributed by atoms with Gasteiger partial charge in [-0.3, -0.25) is 4.90 Å². The number of hydrogen-bond acceptors (Lipinski definition) is 4. The summed E-state index contributed by atoms with van der Waals surface area (Å²) >= 11 is 0. The van der Waals surface area contributed by atoms with Gasteiger partial charge in [-0.1, -0.05) is 6.92 Å². The van der Waals surface area contributed by atoms with Gasteiger partial charge in [0.2, 0.25) is 0 Å². The third kappa shape index (κ3) is 3.10. The molecular formula is C15H27N3O. The summed E-state index contributed by atoms with van der Waals surface area (Å²) in [4.78, 5) is 2.61. The Morgan fingerprint density at radius 3 is 2.95 bits per heavy atom. The standard InChI is InChI=1S/C15H27N3O/c1-4-13-10-19-12(2)9-18(13)14-6-5-7-15(8-14,11-16)17-3/h12-14,17H,4-10H2,1-3H3. The normalized spacial score (nSPS) is 40.8. The number of rotatable bonds is 3. The third-order valence-electron chi connectivity index (χ3n) is 4.87. The van der Waals surface area contributed by atoms with Gasteiger partial charge < -0.3 is 10.1 Å². The molecule has 1 saturated heterocycles. The van der Waals surface area contributed by atoms with Crippen LogP contribution in [-0.2, 0) is 4.74 Å². The van der Waals surface area contributed by atoms with Crippen LogP contribution in [-0.4, -0.2) is 48.8 Å². The van der Waals surface area contributed by atoms with E-state index in [2.05, 4.69) is 30.1 Å². The molecule has 0 radical (unpaired) electrons. The first-order valence-corrected chi connectivity index (χ1v) is 7.61. The van der Waals surface area contributed by atoms with Crippen LogP contribution in [0, 0.1) is 11.3 Å². The van der Waals surface area contributed by atoms with Gasteiger partial charge in [-0.25, -0.2) is 0 Å². The smallest absolute Gasteiger partial charge is 0.108 e. The van der Waals surface area contributed by atoms with E-state index in [1.165, 1.54) is 6.42 Å². The van der Waals surface area contributed by atoms with Crippen molar-refractivity contribution in [1.82, 2.24) is 10.2 Å². The van der Waals surface area contributed by atoms with Gasteiger partial charge in [-0.05, 0) is 46.1 Å². The summed E-state index contributed by atoms with van der Waals surface area (Å²) in [6.07, 6.45) is 5.73. The Morgan fingerprint density at radius 2 is 2.32 bits per heavy atom. The highest BCUT2D eigenvalue weighted by molar-refractivity contribution is 5.11. The fourth-order valence-electron chi connectivity index (χ4n) is 3.58. The maximum Gasteiger partial charge on any atom is 0.108 e. The molecule has 4 nitrogen and oxygen atoms in total. The first-order chi connectivity index (χ1) is 9.14. The van der Waals surface area contributed by atoms with Gasteiger partial charge in [-0.2, -0.15) is 5.26 Å². The Labute approximate surface area is 117 Å². The van der Waals surface area contributed by atoms with Gasteiger partial charge >= 0.3 is 0 Å². The molecule has 19 heavy (non-hydrogen) atoms. The second kappa shape index (κ2) is 6.21. The summed E-state index contributed by atoms with van der Waals surface area (Å²) in [5.74, 6) is 0. The van der Waals surface area contributed by atoms with Crippen LogP contribution in [0.1, 0.15) is 46.0 Å². The van der Waals surface area contributed by atoms with Crippen LogP contribution in [0.3, 0.4) is 0 Å². The van der Waals surface area contributed by atoms with Crippen LogP contribution >= 0.6 is 0 Å². The van der Waals surface area contributed by atoms with Gasteiger partial charge in [0.1, 0.15) is 5.54 Å². The molecule has 1 saturated carbocycles. The first-order valence-electron chi connectivity index (χ1n) is 7.61. The Balaban J connectivity index is 2.09. The molecule has 4 heteroatoms. The number of morpholine rings is 1. The largest absolute Gasteiger partial charge is 0.376 e. The Bertz CT molecular complexity index is 341. The SMILES string of the molecule is CCC1COC(C)CN1C1CCCC(C#N)(NC)C1. The van der Waals surface area contributed by atoms with Crippen LogP contribution in [0.4, 0.5) is 0 Å². The molecule has 0 aromatic rings. The van der Waals surface area contributed by atoms with Crippen molar-refractivity contribution in [3.63, 3.8) is 0 Å². The number of nitriles is 1. The quantitative estimate of drug-likeness (QED) is 0.847. The fraction of sp³-hybridized carbons (Fsp3) is 0.933. The van der Waals surface area contributed by atoms with Crippen molar-refractivity contribution >= 4 is 0 Å². The summed E-state index contributed by atoms with van der Waals surface area (Å²) in [6.45, 7) is 6.23. The summed E-state index contributed by atoms with van der Waals surface area (Å²) in [5.41, 5.74) is -0.317. The molecule has 2 aliphatic rings. The van der Waals surface area contributed by atoms with E-state index >= 15 is 0 Å². The molecule has 4 unspecified atom stereocenters. The van der Waals surface area contributed by atoms with E-state index < -0.39 is 0 Å². The number of ether oxygens (including phenoxy) is 1. The van der Waals surface area contributed by atoms with Crippen LogP contribution < -0.4 is 5.32 Å². The van der Waals surface area contributed by atoms with Crippen LogP contribution in [0.15, 0.2) is 0 Å². The molecule has 0 amide bonds. The third-order valence-corrected chi connectivity index (χ3v) is 4.87. The lowest BCUT2D eigenvalue weighted by Crippen LogP contribution is -2.58. The van der Waals surface area contributed by atoms with Crippen molar-refractivity contribution in [3.8, 4) is 6.07 Å². The van der Waals surface area contributed by atoms with Crippen molar-refractivity contribution in [2.24, 2.45) is 0 Å². The summed E-state index contributed by atoms with van der Waals surface area (Å²) in [5, 5.41) is 12.7. The summed E-state index contributed by atoms with van der Waals surface area (Å²) < 4.78 is 5.78. The molecule has 2 rings (SSSR count). The Kier molecular flexibility index (Phi) is 4.83. The molecule has 1 aliphatic carbocycles. The molecular weight excluding hydrogens is 238 g/mol. The molecule has 0 aromatic heterocycles. The van der Waals surface area contributed by atoms with E-state index in [0.29, 0.717) is 18.2 Å². The average molecular weight is 265 g/mol. The zero-order chi connectivity index (χ0) is 13.9. The van der Waals surface area contributed by atoms with E-state index in [-0.39, 0.29) is 5.54 Å². The molecule has 0 spiro atoms. The lowest BCUT2D eigenvalue weighted by Gasteiger charge is -2.47. The van der Waals surface area contributed by atoms with Crippen LogP contribution in [0.25, 0.3) is 0 Å². The minimum absolute atomic E-state index is 0.316. The highest BCUT2D eigenvalue weighted by Gasteiger charge is 2.40. The number of nitrogens with one attached hydrogen (secondary N) is 1. The summed E-state index contributed by atoms with van der Waals surface area (Å²) in [6, 6.07) is 3.56. The van der Waals surface area contributed by atoms with Gasteiger partial charge in [0.25, 0.3) is 0 Å². The zero-order valence-electron chi connectivity index (χ0n) is 12.5. The topological polar surface area (TPSA) is 48.3 Å². The summed E-state index contributed by atoms with van der Waals surface area (Å²) in [7, 11) is 1.92. The molecule has 2 fully saturated rings. The van der Waals surface area contributed by atoms with Crippen LogP contribution in [0.2, 0.25) is 0 Å². The lowest BCUT2D eigenvalue weighted by molar-refractivity contribution is -0.0808. The van der Waals surface area contributed by atoms with Crippen molar-refractivity contribution in [2.75, 3.05) is 20.2 Å². The monoisotopic (exact) mass is 265 g/mol. The second-order valence-corrected chi connectivity index (χ2v) is 6.10. The fourth-order valence-corrected chi connectivity index (χ4v) is 3.58. The highest BCUT2D eigenvalue weighted by atomic mass is 16.5. The number of nitrogens with zero attached hydrogens (tertiary/aromatic N) is 2. The van der Waals surface area contributed by atoms with Crippen molar-refractivity contribution in [2.45, 2.75) is 69.7 Å². The van der Waals surface area contributed by atoms with Gasteiger partial charge in [0.15, 0.2) is 0 Å². The minimum atomic E-state index is -0.317. The Hall–Kier alpha value is -0.630. The maximum atomic E-state index is 9.48. The molecule has 0 aromatic carbocycles. The number of hydrogen-bond donors (Lipinski definition) is 1. The lowest BCUT2D eigenvalue weighted by atomic mass is 9.79. The molecule has 4 atom stereocenters. The first kappa shape index (κ1) is 14.8. The van der Waals surface area contributed by atoms with Crippen molar-refractivity contribution < 1.29 is 4.74 Å². The molecule has 1 N–H and O–H groups in total. The minimum Gasteiger partial charge on any atom is -0.376 e. The molecule has 1 aliphatic heterocycles.